The van der Waals surface area contributed by atoms with Gasteiger partial charge in [0.05, 0.1) is 38.4 Å². The number of pyridine rings is 4. The molecule has 0 N–H and O–H groups in total. The van der Waals surface area contributed by atoms with E-state index in [1.54, 1.807) is 0 Å². The molecule has 0 atom stereocenters. The molecule has 20 aromatic rings. The van der Waals surface area contributed by atoms with Crippen LogP contribution < -0.4 is 37.2 Å². The predicted molar refractivity (Wildman–Crippen MR) is 469 cm³/mol. The molecule has 28 rings (SSSR count). The first-order valence-corrected chi connectivity index (χ1v) is 40.9. The molecule has 552 valence electrons. The van der Waals surface area contributed by atoms with Crippen molar-refractivity contribution in [2.24, 2.45) is 0 Å². The third-order valence-corrected chi connectivity index (χ3v) is 27.8. The smallest absolute Gasteiger partial charge is 0.293 e. The van der Waals surface area contributed by atoms with Crippen LogP contribution in [0.5, 0.6) is 23.0 Å². The lowest BCUT2D eigenvalue weighted by molar-refractivity contribution is -0.716. The molecule has 8 aliphatic rings. The monoisotopic (exact) mass is 1500 g/mol. The van der Waals surface area contributed by atoms with Crippen molar-refractivity contribution in [3.8, 4) is 68.0 Å². The van der Waals surface area contributed by atoms with E-state index in [4.69, 9.17) is 18.9 Å². The van der Waals surface area contributed by atoms with Gasteiger partial charge in [0.15, 0.2) is 12.4 Å². The third kappa shape index (κ3) is 8.67. The first kappa shape index (κ1) is 65.9. The van der Waals surface area contributed by atoms with Crippen LogP contribution in [-0.4, -0.2) is 0 Å². The second-order valence-electron chi connectivity index (χ2n) is 35.2. The Morgan fingerprint density at radius 1 is 0.233 bits per heavy atom. The van der Waals surface area contributed by atoms with Gasteiger partial charge in [-0.15, -0.1) is 0 Å². The highest BCUT2D eigenvalue weighted by atomic mass is 16.5. The van der Waals surface area contributed by atoms with Gasteiger partial charge in [0.25, 0.3) is 26.9 Å². The maximum atomic E-state index is 6.49. The Morgan fingerprint density at radius 2 is 0.578 bits per heavy atom. The molecule has 4 aliphatic heterocycles. The molecule has 8 heterocycles. The quantitative estimate of drug-likeness (QED) is 0.112. The van der Waals surface area contributed by atoms with Crippen LogP contribution in [-0.2, 0) is 48.6 Å². The van der Waals surface area contributed by atoms with Gasteiger partial charge in [-0.3, -0.25) is 0 Å². The van der Waals surface area contributed by atoms with Gasteiger partial charge in [-0.2, -0.15) is 18.3 Å². The van der Waals surface area contributed by atoms with Gasteiger partial charge < -0.3 is 18.9 Å². The fourth-order valence-corrected chi connectivity index (χ4v) is 22.2. The van der Waals surface area contributed by atoms with Crippen LogP contribution in [0.15, 0.2) is 291 Å². The van der Waals surface area contributed by atoms with Crippen molar-refractivity contribution in [1.82, 2.24) is 0 Å². The Kier molecular flexibility index (Phi) is 13.1. The van der Waals surface area contributed by atoms with E-state index >= 15 is 0 Å². The topological polar surface area (TPSA) is 52.4 Å². The maximum absolute atomic E-state index is 6.49. The van der Waals surface area contributed by atoms with Crippen molar-refractivity contribution in [2.75, 3.05) is 0 Å². The molecule has 4 aromatic heterocycles. The van der Waals surface area contributed by atoms with Crippen LogP contribution in [0.3, 0.4) is 0 Å². The molecule has 16 aromatic carbocycles. The summed E-state index contributed by atoms with van der Waals surface area (Å²) in [5.74, 6) is 4.18. The minimum Gasteiger partial charge on any atom is -0.434 e. The van der Waals surface area contributed by atoms with Crippen molar-refractivity contribution in [3.05, 3.63) is 336 Å². The molecule has 116 heavy (non-hydrogen) atoms. The van der Waals surface area contributed by atoms with Gasteiger partial charge in [0.1, 0.15) is 23.0 Å². The zero-order chi connectivity index (χ0) is 77.3. The van der Waals surface area contributed by atoms with Gasteiger partial charge in [0.2, 0.25) is 33.8 Å². The zero-order valence-corrected chi connectivity index (χ0v) is 66.0. The largest absolute Gasteiger partial charge is 0.434 e. The molecule has 8 heteroatoms. The van der Waals surface area contributed by atoms with Crippen LogP contribution >= 0.6 is 0 Å². The lowest BCUT2D eigenvalue weighted by atomic mass is 9.79. The fraction of sp³-hybridized carbons (Fsp3) is 0.148. The number of rotatable bonds is 0. The molecule has 0 saturated carbocycles. The van der Waals surface area contributed by atoms with Gasteiger partial charge in [-0.05, 0) is 148 Å². The average Bonchev–Trinajstić information content (AvgIpc) is 1.54. The van der Waals surface area contributed by atoms with E-state index in [-0.39, 0.29) is 21.7 Å². The standard InChI is InChI=1S/4C27H20NO/c1-27(2)21-13-17-8-4-6-10-20(17)26-23(21)25-24(27)22-18(14-28(25)15-29-26)12-11-16-7-3-5-9-19(16)22;1-27(2)21-13-17-8-4-6-10-20(17)26-23(21)25-22(27)14-18-12-11-16-7-3-5-9-19(16)24(18)28(25)15-29-26;1-27(2)21-13-17-8-4-6-10-19(17)26-24(21)25-22(27)14-20-18-9-5-3-7-16(18)11-12-23(20)28(25)15-29-26;1-27(2)22-13-17-8-4-6-10-19(17)26-23(22)25-24(27)20-12-11-16-7-3-5-9-18(16)21(20)14-28(25)15-29-26/h4*3-14H,15H2,1-2H3/q4*+1. The summed E-state index contributed by atoms with van der Waals surface area (Å²) < 4.78 is 35.1. The number of ether oxygens (including phenoxy) is 4. The molecular weight excluding hydrogens is 1420 g/mol. The number of aromatic nitrogens is 4. The minimum atomic E-state index is -0.0947. The van der Waals surface area contributed by atoms with Gasteiger partial charge in [-0.25, -0.2) is 0 Å². The van der Waals surface area contributed by atoms with E-state index in [0.29, 0.717) is 26.9 Å². The molecule has 0 spiro atoms. The van der Waals surface area contributed by atoms with Gasteiger partial charge >= 0.3 is 0 Å². The molecule has 0 saturated heterocycles. The van der Waals surface area contributed by atoms with Crippen molar-refractivity contribution < 1.29 is 37.2 Å². The Labute approximate surface area is 670 Å². The summed E-state index contributed by atoms with van der Waals surface area (Å²) in [7, 11) is 0. The van der Waals surface area contributed by atoms with Gasteiger partial charge in [-0.1, -0.05) is 268 Å². The second-order valence-corrected chi connectivity index (χ2v) is 35.2. The fourth-order valence-electron chi connectivity index (χ4n) is 22.2. The number of fused-ring (bicyclic) bond motifs is 24. The molecule has 0 bridgehead atoms. The number of benzene rings is 16. The highest BCUT2D eigenvalue weighted by Crippen LogP contribution is 2.61. The summed E-state index contributed by atoms with van der Waals surface area (Å²) >= 11 is 0. The van der Waals surface area contributed by atoms with Crippen LogP contribution in [0.4, 0.5) is 0 Å². The molecule has 0 radical (unpaired) electrons. The number of hydrogen-bond acceptors (Lipinski definition) is 4. The van der Waals surface area contributed by atoms with E-state index in [9.17, 15) is 0 Å². The molecule has 0 amide bonds. The van der Waals surface area contributed by atoms with Crippen LogP contribution in [0.2, 0.25) is 0 Å². The van der Waals surface area contributed by atoms with E-state index in [1.807, 2.05) is 0 Å². The van der Waals surface area contributed by atoms with Crippen molar-refractivity contribution in [3.63, 3.8) is 0 Å². The second kappa shape index (κ2) is 23.1. The lowest BCUT2D eigenvalue weighted by Crippen LogP contribution is -2.43. The van der Waals surface area contributed by atoms with Crippen LogP contribution in [0, 0.1) is 0 Å². The molecule has 0 unspecified atom stereocenters. The minimum absolute atomic E-state index is 0.0568. The Hall–Kier alpha value is -13.6. The first-order valence-electron chi connectivity index (χ1n) is 40.9. The number of hydrogen-bond donors (Lipinski definition) is 0. The van der Waals surface area contributed by atoms with E-state index in [0.717, 1.165) is 23.0 Å². The first-order chi connectivity index (χ1) is 56.6. The maximum Gasteiger partial charge on any atom is 0.293 e. The predicted octanol–water partition coefficient (Wildman–Crippen LogP) is 24.4. The molecule has 4 aliphatic carbocycles. The van der Waals surface area contributed by atoms with Crippen molar-refractivity contribution in [2.45, 2.75) is 104 Å². The Bertz CT molecular complexity index is 7900. The summed E-state index contributed by atoms with van der Waals surface area (Å²) in [6, 6.07) is 101. The van der Waals surface area contributed by atoms with Crippen LogP contribution in [0.25, 0.3) is 175 Å². The van der Waals surface area contributed by atoms with Crippen LogP contribution in [0.1, 0.15) is 99.9 Å². The summed E-state index contributed by atoms with van der Waals surface area (Å²) in [5.41, 5.74) is 23.8. The average molecular weight is 1500 g/mol. The highest BCUT2D eigenvalue weighted by molar-refractivity contribution is 6.15. The Morgan fingerprint density at radius 3 is 1.11 bits per heavy atom. The van der Waals surface area contributed by atoms with Crippen molar-refractivity contribution >= 4 is 130 Å². The summed E-state index contributed by atoms with van der Waals surface area (Å²) in [5, 5.41) is 28.1. The lowest BCUT2D eigenvalue weighted by Gasteiger charge is -2.22. The van der Waals surface area contributed by atoms with E-state index in [2.05, 4.69) is 365 Å². The highest BCUT2D eigenvalue weighted by Gasteiger charge is 2.52. The third-order valence-electron chi connectivity index (χ3n) is 27.8. The van der Waals surface area contributed by atoms with Gasteiger partial charge in [0, 0.05) is 87.7 Å². The zero-order valence-electron chi connectivity index (χ0n) is 66.0. The van der Waals surface area contributed by atoms with Crippen molar-refractivity contribution in [1.29, 1.82) is 0 Å². The SMILES string of the molecule is CC1(C)c2cc3ccccc3c3c2-c2c1c1c(ccc4ccccc41)c[n+]2CO3.CC1(C)c2cc3ccccc3c3c2-c2c1c1ccc4ccccc4c1c[n+]2CO3.CC1(C)c2cc3ccccc3c3c2-c2c1cc1c4ccccc4ccc1[n+]2CO3.CC1(C)c2cc3ccccc3c3c2-c2c1cc1ccc4ccccc4c1[n+]2CO3. The molecule has 0 fully saturated rings. The molecular formula is C108H80N4O4+4. The molecule has 8 nitrogen and oxygen atoms in total. The summed E-state index contributed by atoms with van der Waals surface area (Å²) in [6.45, 7) is 21.1. The van der Waals surface area contributed by atoms with E-state index in [1.165, 1.54) is 219 Å². The summed E-state index contributed by atoms with van der Waals surface area (Å²) in [4.78, 5) is 0. The number of nitrogens with zero attached hydrogens (tertiary/aromatic N) is 4. The normalized spacial score (nSPS) is 15.7. The Balaban J connectivity index is 0.0000000866. The van der Waals surface area contributed by atoms with E-state index < -0.39 is 0 Å². The summed E-state index contributed by atoms with van der Waals surface area (Å²) in [6.07, 6.45) is 4.56.